The van der Waals surface area contributed by atoms with Gasteiger partial charge in [0.2, 0.25) is 5.13 Å². The van der Waals surface area contributed by atoms with Crippen molar-refractivity contribution in [2.24, 2.45) is 5.10 Å². The van der Waals surface area contributed by atoms with E-state index in [1.165, 1.54) is 11.3 Å². The first-order chi connectivity index (χ1) is 15.7. The van der Waals surface area contributed by atoms with E-state index in [2.05, 4.69) is 15.5 Å². The fraction of sp³-hybridized carbons (Fsp3) is 0.120. The van der Waals surface area contributed by atoms with E-state index in [-0.39, 0.29) is 0 Å². The molecule has 0 saturated carbocycles. The Morgan fingerprint density at radius 2 is 1.81 bits per heavy atom. The molecule has 0 amide bonds. The highest BCUT2D eigenvalue weighted by molar-refractivity contribution is 7.14. The molecule has 0 bridgehead atoms. The lowest BCUT2D eigenvalue weighted by Crippen LogP contribution is -2.00. The SMILES string of the molecule is CCOc1cc(/C=N\Nc2nc(-c3ccc(Cl)cc3)cs2)ccc1OCc1ccccc1. The summed E-state index contributed by atoms with van der Waals surface area (Å²) in [5.74, 6) is 1.39. The van der Waals surface area contributed by atoms with Crippen molar-refractivity contribution in [2.45, 2.75) is 13.5 Å². The Balaban J connectivity index is 1.40. The lowest BCUT2D eigenvalue weighted by atomic mass is 10.2. The summed E-state index contributed by atoms with van der Waals surface area (Å²) in [6, 6.07) is 23.4. The van der Waals surface area contributed by atoms with Crippen molar-refractivity contribution >= 4 is 34.3 Å². The van der Waals surface area contributed by atoms with Gasteiger partial charge in [-0.2, -0.15) is 5.10 Å². The zero-order valence-corrected chi connectivity index (χ0v) is 19.1. The average Bonchev–Trinajstić information content (AvgIpc) is 3.29. The van der Waals surface area contributed by atoms with Crippen molar-refractivity contribution in [3.63, 3.8) is 0 Å². The molecule has 0 unspecified atom stereocenters. The van der Waals surface area contributed by atoms with E-state index in [9.17, 15) is 0 Å². The van der Waals surface area contributed by atoms with Crippen LogP contribution in [0.15, 0.2) is 83.3 Å². The van der Waals surface area contributed by atoms with Gasteiger partial charge in [0, 0.05) is 16.0 Å². The van der Waals surface area contributed by atoms with E-state index >= 15 is 0 Å². The quantitative estimate of drug-likeness (QED) is 0.217. The van der Waals surface area contributed by atoms with Gasteiger partial charge in [-0.1, -0.05) is 54.1 Å². The van der Waals surface area contributed by atoms with E-state index in [0.29, 0.717) is 34.9 Å². The maximum Gasteiger partial charge on any atom is 0.203 e. The van der Waals surface area contributed by atoms with Gasteiger partial charge in [0.25, 0.3) is 0 Å². The van der Waals surface area contributed by atoms with Crippen LogP contribution in [0, 0.1) is 0 Å². The Hall–Kier alpha value is -3.35. The van der Waals surface area contributed by atoms with Gasteiger partial charge in [-0.05, 0) is 48.4 Å². The fourth-order valence-corrected chi connectivity index (χ4v) is 3.76. The maximum atomic E-state index is 5.95. The number of hydrogen-bond donors (Lipinski definition) is 1. The summed E-state index contributed by atoms with van der Waals surface area (Å²) in [5, 5.41) is 7.70. The molecule has 0 aliphatic rings. The van der Waals surface area contributed by atoms with Gasteiger partial charge in [-0.3, -0.25) is 5.43 Å². The molecule has 1 N–H and O–H groups in total. The lowest BCUT2D eigenvalue weighted by Gasteiger charge is -2.12. The van der Waals surface area contributed by atoms with Gasteiger partial charge in [-0.15, -0.1) is 11.3 Å². The summed E-state index contributed by atoms with van der Waals surface area (Å²) in [6.07, 6.45) is 1.73. The van der Waals surface area contributed by atoms with E-state index in [4.69, 9.17) is 21.1 Å². The Labute approximate surface area is 196 Å². The van der Waals surface area contributed by atoms with Crippen LogP contribution in [0.3, 0.4) is 0 Å². The van der Waals surface area contributed by atoms with Crippen LogP contribution in [0.5, 0.6) is 11.5 Å². The summed E-state index contributed by atoms with van der Waals surface area (Å²) < 4.78 is 11.7. The maximum absolute atomic E-state index is 5.95. The number of hydrazone groups is 1. The minimum absolute atomic E-state index is 0.482. The number of hydrogen-bond acceptors (Lipinski definition) is 6. The molecule has 0 saturated heterocycles. The zero-order chi connectivity index (χ0) is 22.2. The summed E-state index contributed by atoms with van der Waals surface area (Å²) in [7, 11) is 0. The van der Waals surface area contributed by atoms with Crippen molar-refractivity contribution in [2.75, 3.05) is 12.0 Å². The molecule has 7 heteroatoms. The second-order valence-corrected chi connectivity index (χ2v) is 8.12. The number of nitrogens with one attached hydrogen (secondary N) is 1. The largest absolute Gasteiger partial charge is 0.490 e. The monoisotopic (exact) mass is 463 g/mol. The van der Waals surface area contributed by atoms with Crippen LogP contribution in [0.25, 0.3) is 11.3 Å². The number of aromatic nitrogens is 1. The third-order valence-corrected chi connectivity index (χ3v) is 5.52. The Kier molecular flexibility index (Phi) is 7.38. The number of nitrogens with zero attached hydrogens (tertiary/aromatic N) is 2. The molecule has 3 aromatic carbocycles. The molecular weight excluding hydrogens is 442 g/mol. The summed E-state index contributed by atoms with van der Waals surface area (Å²) in [6.45, 7) is 2.98. The van der Waals surface area contributed by atoms with Crippen LogP contribution in [-0.4, -0.2) is 17.8 Å². The Bertz CT molecular complexity index is 1180. The number of thiazole rings is 1. The molecule has 0 aliphatic carbocycles. The smallest absolute Gasteiger partial charge is 0.203 e. The molecule has 162 valence electrons. The molecule has 4 rings (SSSR count). The van der Waals surface area contributed by atoms with E-state index < -0.39 is 0 Å². The van der Waals surface area contributed by atoms with Crippen LogP contribution in [0.4, 0.5) is 5.13 Å². The minimum atomic E-state index is 0.482. The number of ether oxygens (including phenoxy) is 2. The van der Waals surface area contributed by atoms with Crippen molar-refractivity contribution in [3.8, 4) is 22.8 Å². The van der Waals surface area contributed by atoms with Crippen molar-refractivity contribution in [3.05, 3.63) is 94.3 Å². The highest BCUT2D eigenvalue weighted by Crippen LogP contribution is 2.29. The minimum Gasteiger partial charge on any atom is -0.490 e. The topological polar surface area (TPSA) is 55.7 Å². The molecule has 32 heavy (non-hydrogen) atoms. The van der Waals surface area contributed by atoms with Gasteiger partial charge in [0.1, 0.15) is 6.61 Å². The molecule has 0 radical (unpaired) electrons. The van der Waals surface area contributed by atoms with Crippen molar-refractivity contribution < 1.29 is 9.47 Å². The number of benzene rings is 3. The summed E-state index contributed by atoms with van der Waals surface area (Å²) >= 11 is 7.44. The third kappa shape index (κ3) is 5.87. The molecule has 1 aromatic heterocycles. The van der Waals surface area contributed by atoms with Gasteiger partial charge in [-0.25, -0.2) is 4.98 Å². The first-order valence-electron chi connectivity index (χ1n) is 10.2. The molecule has 0 spiro atoms. The normalized spacial score (nSPS) is 10.9. The molecule has 1 heterocycles. The number of anilines is 1. The molecule has 0 aliphatic heterocycles. The fourth-order valence-electron chi connectivity index (χ4n) is 2.97. The highest BCUT2D eigenvalue weighted by Gasteiger charge is 2.07. The highest BCUT2D eigenvalue weighted by atomic mass is 35.5. The van der Waals surface area contributed by atoms with Gasteiger partial charge >= 0.3 is 0 Å². The first-order valence-corrected chi connectivity index (χ1v) is 11.4. The predicted molar refractivity (Wildman–Crippen MR) is 132 cm³/mol. The van der Waals surface area contributed by atoms with Gasteiger partial charge in [0.05, 0.1) is 18.5 Å². The van der Waals surface area contributed by atoms with Crippen LogP contribution < -0.4 is 14.9 Å². The standard InChI is InChI=1S/C25H22ClN3O2S/c1-2-30-24-14-19(8-13-23(24)31-16-18-6-4-3-5-7-18)15-27-29-25-28-22(17-32-25)20-9-11-21(26)12-10-20/h3-15,17H,2,16H2,1H3,(H,28,29)/b27-15-. The van der Waals surface area contributed by atoms with Gasteiger partial charge < -0.3 is 9.47 Å². The van der Waals surface area contributed by atoms with E-state index in [1.54, 1.807) is 6.21 Å². The molecule has 0 fully saturated rings. The number of rotatable bonds is 9. The molecule has 4 aromatic rings. The van der Waals surface area contributed by atoms with Crippen LogP contribution in [0.2, 0.25) is 5.02 Å². The van der Waals surface area contributed by atoms with E-state index in [1.807, 2.05) is 85.1 Å². The lowest BCUT2D eigenvalue weighted by molar-refractivity contribution is 0.269. The van der Waals surface area contributed by atoms with E-state index in [0.717, 1.165) is 22.4 Å². The predicted octanol–water partition coefficient (Wildman–Crippen LogP) is 6.89. The zero-order valence-electron chi connectivity index (χ0n) is 17.5. The van der Waals surface area contributed by atoms with Crippen LogP contribution in [0.1, 0.15) is 18.1 Å². The van der Waals surface area contributed by atoms with Crippen LogP contribution in [-0.2, 0) is 6.61 Å². The van der Waals surface area contributed by atoms with Crippen molar-refractivity contribution in [1.82, 2.24) is 4.98 Å². The van der Waals surface area contributed by atoms with Crippen molar-refractivity contribution in [1.29, 1.82) is 0 Å². The average molecular weight is 464 g/mol. The Morgan fingerprint density at radius 1 is 1.00 bits per heavy atom. The molecule has 5 nitrogen and oxygen atoms in total. The third-order valence-electron chi connectivity index (χ3n) is 4.52. The first kappa shape index (κ1) is 21.9. The molecule has 0 atom stereocenters. The second kappa shape index (κ2) is 10.8. The summed E-state index contributed by atoms with van der Waals surface area (Å²) in [4.78, 5) is 4.56. The summed E-state index contributed by atoms with van der Waals surface area (Å²) in [5.41, 5.74) is 6.87. The van der Waals surface area contributed by atoms with Gasteiger partial charge in [0.15, 0.2) is 11.5 Å². The second-order valence-electron chi connectivity index (χ2n) is 6.83. The van der Waals surface area contributed by atoms with Crippen LogP contribution >= 0.6 is 22.9 Å². The Morgan fingerprint density at radius 3 is 2.59 bits per heavy atom. The molecular formula is C25H22ClN3O2S. The number of halogens is 1.